The van der Waals surface area contributed by atoms with Crippen LogP contribution in [-0.2, 0) is 12.8 Å². The van der Waals surface area contributed by atoms with Crippen LogP contribution in [0.2, 0.25) is 0 Å². The van der Waals surface area contributed by atoms with Gasteiger partial charge in [-0.1, -0.05) is 6.07 Å². The Kier molecular flexibility index (Phi) is 4.49. The van der Waals surface area contributed by atoms with Crippen LogP contribution in [0, 0.1) is 19.8 Å². The Balaban J connectivity index is 1.73. The lowest BCUT2D eigenvalue weighted by atomic mass is 10.0. The van der Waals surface area contributed by atoms with Crippen molar-refractivity contribution in [2.24, 2.45) is 5.92 Å². The highest BCUT2D eigenvalue weighted by atomic mass is 16.5. The summed E-state index contributed by atoms with van der Waals surface area (Å²) >= 11 is 0. The Labute approximate surface area is 172 Å². The van der Waals surface area contributed by atoms with E-state index in [0.717, 1.165) is 54.5 Å². The second kappa shape index (κ2) is 7.05. The summed E-state index contributed by atoms with van der Waals surface area (Å²) in [5.41, 5.74) is 8.27. The van der Waals surface area contributed by atoms with Gasteiger partial charge < -0.3 is 9.64 Å². The molecule has 0 radical (unpaired) electrons. The third kappa shape index (κ3) is 3.07. The van der Waals surface area contributed by atoms with Gasteiger partial charge in [-0.15, -0.1) is 0 Å². The largest absolute Gasteiger partial charge is 0.497 e. The summed E-state index contributed by atoms with van der Waals surface area (Å²) in [5, 5.41) is 5.03. The molecule has 0 atom stereocenters. The number of aromatic nitrogens is 3. The van der Waals surface area contributed by atoms with E-state index in [-0.39, 0.29) is 0 Å². The molecule has 5 heteroatoms. The van der Waals surface area contributed by atoms with Gasteiger partial charge in [-0.05, 0) is 82.1 Å². The smallest absolute Gasteiger partial charge is 0.165 e. The fourth-order valence-corrected chi connectivity index (χ4v) is 4.77. The molecule has 5 rings (SSSR count). The number of hydrogen-bond donors (Lipinski definition) is 0. The predicted octanol–water partition coefficient (Wildman–Crippen LogP) is 4.75. The number of anilines is 1. The van der Waals surface area contributed by atoms with E-state index in [0.29, 0.717) is 0 Å². The van der Waals surface area contributed by atoms with Gasteiger partial charge in [0.05, 0.1) is 12.8 Å². The van der Waals surface area contributed by atoms with Gasteiger partial charge in [-0.2, -0.15) is 9.61 Å². The maximum Gasteiger partial charge on any atom is 0.165 e. The molecule has 0 N–H and O–H groups in total. The number of hydrogen-bond acceptors (Lipinski definition) is 4. The highest BCUT2D eigenvalue weighted by molar-refractivity contribution is 5.83. The van der Waals surface area contributed by atoms with Crippen LogP contribution in [0.4, 0.5) is 5.82 Å². The second-order valence-corrected chi connectivity index (χ2v) is 8.57. The van der Waals surface area contributed by atoms with Crippen LogP contribution in [0.5, 0.6) is 5.75 Å². The van der Waals surface area contributed by atoms with E-state index in [1.807, 2.05) is 6.07 Å². The fourth-order valence-electron chi connectivity index (χ4n) is 4.77. The summed E-state index contributed by atoms with van der Waals surface area (Å²) in [4.78, 5) is 7.70. The summed E-state index contributed by atoms with van der Waals surface area (Å²) in [6, 6.07) is 6.28. The normalized spacial score (nSPS) is 15.7. The topological polar surface area (TPSA) is 42.7 Å². The second-order valence-electron chi connectivity index (χ2n) is 8.57. The van der Waals surface area contributed by atoms with E-state index in [2.05, 4.69) is 42.3 Å². The molecular formula is C24H30N4O. The number of rotatable bonds is 6. The van der Waals surface area contributed by atoms with Crippen molar-refractivity contribution in [3.05, 3.63) is 40.7 Å². The molecule has 0 saturated heterocycles. The molecule has 0 spiro atoms. The zero-order valence-electron chi connectivity index (χ0n) is 18.0. The van der Waals surface area contributed by atoms with E-state index < -0.39 is 0 Å². The summed E-state index contributed by atoms with van der Waals surface area (Å²) in [6.45, 7) is 8.66. The lowest BCUT2D eigenvalue weighted by molar-refractivity contribution is 0.414. The fraction of sp³-hybridized carbons (Fsp3) is 0.500. The molecule has 5 nitrogen and oxygen atoms in total. The molecule has 152 valence electrons. The van der Waals surface area contributed by atoms with Crippen LogP contribution in [0.3, 0.4) is 0 Å². The number of methoxy groups -OCH3 is 1. The molecule has 1 fully saturated rings. The van der Waals surface area contributed by atoms with Crippen molar-refractivity contribution < 1.29 is 4.74 Å². The summed E-state index contributed by atoms with van der Waals surface area (Å²) in [6.07, 6.45) is 6.11. The maximum absolute atomic E-state index is 5.41. The van der Waals surface area contributed by atoms with Crippen molar-refractivity contribution in [3.63, 3.8) is 0 Å². The Morgan fingerprint density at radius 2 is 2.03 bits per heavy atom. The summed E-state index contributed by atoms with van der Waals surface area (Å²) in [7, 11) is 1.71. The minimum atomic E-state index is 0.843. The van der Waals surface area contributed by atoms with Gasteiger partial charge in [-0.3, -0.25) is 0 Å². The first-order valence-electron chi connectivity index (χ1n) is 10.9. The Morgan fingerprint density at radius 1 is 1.21 bits per heavy atom. The lowest BCUT2D eigenvalue weighted by Crippen LogP contribution is -2.29. The average Bonchev–Trinajstić information content (AvgIpc) is 3.32. The standard InChI is InChI=1S/C24H30N4O/c1-5-27(14-17-9-10-17)24-20-7-6-8-21(20)25-23-22(16(3)26-28(23)24)19-12-11-18(29-4)13-15(19)2/h11-13,17H,5-10,14H2,1-4H3. The number of ether oxygens (including phenoxy) is 1. The average molecular weight is 391 g/mol. The van der Waals surface area contributed by atoms with Crippen molar-refractivity contribution in [3.8, 4) is 16.9 Å². The van der Waals surface area contributed by atoms with Crippen LogP contribution < -0.4 is 9.64 Å². The summed E-state index contributed by atoms with van der Waals surface area (Å²) < 4.78 is 7.55. The molecule has 29 heavy (non-hydrogen) atoms. The van der Waals surface area contributed by atoms with Crippen LogP contribution in [0.1, 0.15) is 48.7 Å². The number of fused-ring (bicyclic) bond motifs is 2. The quantitative estimate of drug-likeness (QED) is 0.609. The molecule has 2 aliphatic carbocycles. The van der Waals surface area contributed by atoms with Gasteiger partial charge in [-0.25, -0.2) is 4.98 Å². The van der Waals surface area contributed by atoms with E-state index in [4.69, 9.17) is 14.8 Å². The number of aryl methyl sites for hydroxylation is 3. The van der Waals surface area contributed by atoms with Crippen LogP contribution in [-0.4, -0.2) is 34.8 Å². The molecule has 0 amide bonds. The van der Waals surface area contributed by atoms with Gasteiger partial charge in [0.1, 0.15) is 11.6 Å². The highest BCUT2D eigenvalue weighted by Gasteiger charge is 2.30. The van der Waals surface area contributed by atoms with Crippen LogP contribution in [0.25, 0.3) is 16.8 Å². The Hall–Kier alpha value is -2.56. The van der Waals surface area contributed by atoms with Gasteiger partial charge in [0.25, 0.3) is 0 Å². The van der Waals surface area contributed by atoms with Gasteiger partial charge in [0.15, 0.2) is 5.65 Å². The zero-order valence-corrected chi connectivity index (χ0v) is 18.0. The molecule has 1 aromatic carbocycles. The summed E-state index contributed by atoms with van der Waals surface area (Å²) in [5.74, 6) is 3.02. The molecule has 2 aliphatic rings. The van der Waals surface area contributed by atoms with Crippen LogP contribution >= 0.6 is 0 Å². The first-order chi connectivity index (χ1) is 14.1. The first kappa shape index (κ1) is 18.5. The molecule has 0 aliphatic heterocycles. The molecule has 3 aromatic rings. The van der Waals surface area contributed by atoms with Crippen LogP contribution in [0.15, 0.2) is 18.2 Å². The molecule has 0 unspecified atom stereocenters. The van der Waals surface area contributed by atoms with Crippen molar-refractivity contribution in [2.75, 3.05) is 25.1 Å². The van der Waals surface area contributed by atoms with Crippen molar-refractivity contribution in [1.82, 2.24) is 14.6 Å². The third-order valence-corrected chi connectivity index (χ3v) is 6.50. The van der Waals surface area contributed by atoms with Crippen molar-refractivity contribution in [2.45, 2.75) is 52.9 Å². The Morgan fingerprint density at radius 3 is 2.72 bits per heavy atom. The molecule has 0 bridgehead atoms. The molecular weight excluding hydrogens is 360 g/mol. The number of benzene rings is 1. The minimum Gasteiger partial charge on any atom is -0.497 e. The number of nitrogens with zero attached hydrogens (tertiary/aromatic N) is 4. The molecule has 1 saturated carbocycles. The first-order valence-corrected chi connectivity index (χ1v) is 10.9. The van der Waals surface area contributed by atoms with E-state index in [9.17, 15) is 0 Å². The van der Waals surface area contributed by atoms with E-state index in [1.165, 1.54) is 47.5 Å². The molecule has 2 aromatic heterocycles. The zero-order chi connectivity index (χ0) is 20.1. The van der Waals surface area contributed by atoms with Gasteiger partial charge in [0.2, 0.25) is 0 Å². The van der Waals surface area contributed by atoms with Crippen molar-refractivity contribution in [1.29, 1.82) is 0 Å². The van der Waals surface area contributed by atoms with Crippen molar-refractivity contribution >= 4 is 11.5 Å². The SMILES string of the molecule is CCN(CC1CC1)c1c2c(nc3c(-c4ccc(OC)cc4C)c(C)nn13)CCC2. The van der Waals surface area contributed by atoms with Gasteiger partial charge in [0, 0.05) is 29.9 Å². The molecule has 2 heterocycles. The Bertz CT molecular complexity index is 1080. The highest BCUT2D eigenvalue weighted by Crippen LogP contribution is 2.39. The van der Waals surface area contributed by atoms with E-state index in [1.54, 1.807) is 7.11 Å². The van der Waals surface area contributed by atoms with E-state index >= 15 is 0 Å². The monoisotopic (exact) mass is 390 g/mol. The minimum absolute atomic E-state index is 0.843. The lowest BCUT2D eigenvalue weighted by Gasteiger charge is -2.26. The maximum atomic E-state index is 5.41. The third-order valence-electron chi connectivity index (χ3n) is 6.50. The predicted molar refractivity (Wildman–Crippen MR) is 117 cm³/mol. The van der Waals surface area contributed by atoms with Gasteiger partial charge >= 0.3 is 0 Å².